The number of hydrogen-bond acceptors (Lipinski definition) is 3. The van der Waals surface area contributed by atoms with Gasteiger partial charge in [0.25, 0.3) is 0 Å². The Kier molecular flexibility index (Phi) is 3.52. The third-order valence-corrected chi connectivity index (χ3v) is 6.69. The summed E-state index contributed by atoms with van der Waals surface area (Å²) in [7, 11) is -3.54. The zero-order chi connectivity index (χ0) is 13.6. The van der Waals surface area contributed by atoms with E-state index >= 15 is 0 Å². The number of nitrogens with zero attached hydrogens (tertiary/aromatic N) is 1. The molecule has 2 heterocycles. The molecule has 0 aliphatic carbocycles. The van der Waals surface area contributed by atoms with Gasteiger partial charge in [0.15, 0.2) is 0 Å². The standard InChI is InChI=1S/C12H14Cl2N2O2S/c13-10-2-1-3-11(12(10)14)19(17,18)16-6-8-4-15-5-9(8)7-16/h1-3,8-9,15H,4-7H2/t8-,9+. The maximum Gasteiger partial charge on any atom is 0.244 e. The lowest BCUT2D eigenvalue weighted by Crippen LogP contribution is -2.32. The number of rotatable bonds is 2. The quantitative estimate of drug-likeness (QED) is 0.904. The Balaban J connectivity index is 1.93. The monoisotopic (exact) mass is 320 g/mol. The van der Waals surface area contributed by atoms with Gasteiger partial charge < -0.3 is 5.32 Å². The van der Waals surface area contributed by atoms with E-state index in [0.29, 0.717) is 24.9 Å². The Morgan fingerprint density at radius 2 is 1.79 bits per heavy atom. The van der Waals surface area contributed by atoms with Gasteiger partial charge in [-0.1, -0.05) is 29.3 Å². The molecule has 0 amide bonds. The summed E-state index contributed by atoms with van der Waals surface area (Å²) in [4.78, 5) is 0.106. The SMILES string of the molecule is O=S(=O)(c1cccc(Cl)c1Cl)N1C[C@H]2CNC[C@H]2C1. The summed E-state index contributed by atoms with van der Waals surface area (Å²) in [6.07, 6.45) is 0. The Hall–Kier alpha value is -0.330. The molecule has 7 heteroatoms. The van der Waals surface area contributed by atoms with Crippen molar-refractivity contribution in [3.63, 3.8) is 0 Å². The van der Waals surface area contributed by atoms with Crippen molar-refractivity contribution >= 4 is 33.2 Å². The average Bonchev–Trinajstić information content (AvgIpc) is 2.92. The minimum Gasteiger partial charge on any atom is -0.316 e. The van der Waals surface area contributed by atoms with Gasteiger partial charge in [-0.05, 0) is 37.1 Å². The molecule has 3 rings (SSSR count). The first-order valence-corrected chi connectivity index (χ1v) is 8.34. The molecule has 19 heavy (non-hydrogen) atoms. The number of benzene rings is 1. The molecule has 2 fully saturated rings. The van der Waals surface area contributed by atoms with E-state index in [4.69, 9.17) is 23.2 Å². The van der Waals surface area contributed by atoms with E-state index in [-0.39, 0.29) is 14.9 Å². The lowest BCUT2D eigenvalue weighted by molar-refractivity contribution is 0.448. The van der Waals surface area contributed by atoms with Gasteiger partial charge in [0.05, 0.1) is 10.0 Å². The second kappa shape index (κ2) is 4.90. The van der Waals surface area contributed by atoms with Crippen LogP contribution in [0.25, 0.3) is 0 Å². The highest BCUT2D eigenvalue weighted by Crippen LogP contribution is 2.35. The summed E-state index contributed by atoms with van der Waals surface area (Å²) >= 11 is 11.9. The van der Waals surface area contributed by atoms with Gasteiger partial charge in [-0.15, -0.1) is 0 Å². The Bertz CT molecular complexity index is 594. The lowest BCUT2D eigenvalue weighted by atomic mass is 10.0. The molecule has 1 N–H and O–H groups in total. The minimum atomic E-state index is -3.54. The number of sulfonamides is 1. The van der Waals surface area contributed by atoms with Crippen molar-refractivity contribution in [3.8, 4) is 0 Å². The summed E-state index contributed by atoms with van der Waals surface area (Å²) in [5.41, 5.74) is 0. The molecule has 4 nitrogen and oxygen atoms in total. The largest absolute Gasteiger partial charge is 0.316 e. The molecule has 2 aliphatic rings. The molecule has 0 saturated carbocycles. The smallest absolute Gasteiger partial charge is 0.244 e. The van der Waals surface area contributed by atoms with Crippen LogP contribution in [0.15, 0.2) is 23.1 Å². The second-order valence-electron chi connectivity index (χ2n) is 5.05. The number of halogens is 2. The molecule has 1 aromatic rings. The summed E-state index contributed by atoms with van der Waals surface area (Å²) < 4.78 is 26.7. The van der Waals surface area contributed by atoms with Crippen molar-refractivity contribution in [2.24, 2.45) is 11.8 Å². The maximum absolute atomic E-state index is 12.6. The molecule has 2 atom stereocenters. The lowest BCUT2D eigenvalue weighted by Gasteiger charge is -2.18. The Labute approximate surface area is 122 Å². The zero-order valence-electron chi connectivity index (χ0n) is 10.1. The molecule has 104 valence electrons. The fraction of sp³-hybridized carbons (Fsp3) is 0.500. The third-order valence-electron chi connectivity index (χ3n) is 3.89. The maximum atomic E-state index is 12.6. The molecule has 2 saturated heterocycles. The topological polar surface area (TPSA) is 49.4 Å². The van der Waals surface area contributed by atoms with Crippen LogP contribution in [0, 0.1) is 11.8 Å². The van der Waals surface area contributed by atoms with E-state index in [0.717, 1.165) is 13.1 Å². The predicted octanol–water partition coefficient (Wildman–Crippen LogP) is 1.83. The molecule has 0 unspecified atom stereocenters. The van der Waals surface area contributed by atoms with E-state index < -0.39 is 10.0 Å². The average molecular weight is 321 g/mol. The molecule has 0 aromatic heterocycles. The summed E-state index contributed by atoms with van der Waals surface area (Å²) in [5, 5.41) is 3.67. The van der Waals surface area contributed by atoms with Crippen molar-refractivity contribution < 1.29 is 8.42 Å². The molecule has 2 aliphatic heterocycles. The first kappa shape index (κ1) is 13.6. The highest BCUT2D eigenvalue weighted by Gasteiger charge is 2.42. The molecule has 0 radical (unpaired) electrons. The van der Waals surface area contributed by atoms with Crippen molar-refractivity contribution in [3.05, 3.63) is 28.2 Å². The summed E-state index contributed by atoms with van der Waals surface area (Å²) in [6, 6.07) is 4.71. The molecule has 1 aromatic carbocycles. The molecular formula is C12H14Cl2N2O2S. The van der Waals surface area contributed by atoms with Gasteiger partial charge in [0, 0.05) is 13.1 Å². The van der Waals surface area contributed by atoms with Crippen LogP contribution < -0.4 is 5.32 Å². The molecule has 0 bridgehead atoms. The van der Waals surface area contributed by atoms with Gasteiger partial charge in [-0.25, -0.2) is 8.42 Å². The fourth-order valence-electron chi connectivity index (χ4n) is 2.83. The first-order chi connectivity index (χ1) is 9.00. The zero-order valence-corrected chi connectivity index (χ0v) is 12.5. The minimum absolute atomic E-state index is 0.106. The van der Waals surface area contributed by atoms with E-state index in [9.17, 15) is 8.42 Å². The molecule has 0 spiro atoms. The number of fused-ring (bicyclic) bond motifs is 1. The van der Waals surface area contributed by atoms with Gasteiger partial charge in [0.1, 0.15) is 4.90 Å². The van der Waals surface area contributed by atoms with Crippen LogP contribution in [0.3, 0.4) is 0 Å². The second-order valence-corrected chi connectivity index (χ2v) is 7.74. The van der Waals surface area contributed by atoms with Gasteiger partial charge in [0.2, 0.25) is 10.0 Å². The summed E-state index contributed by atoms with van der Waals surface area (Å²) in [6.45, 7) is 2.89. The molecular weight excluding hydrogens is 307 g/mol. The first-order valence-electron chi connectivity index (χ1n) is 6.15. The van der Waals surface area contributed by atoms with Crippen molar-refractivity contribution in [1.82, 2.24) is 9.62 Å². The van der Waals surface area contributed by atoms with Crippen LogP contribution in [-0.4, -0.2) is 38.9 Å². The normalized spacial score (nSPS) is 27.7. The van der Waals surface area contributed by atoms with Gasteiger partial charge in [-0.3, -0.25) is 0 Å². The van der Waals surface area contributed by atoms with Gasteiger partial charge in [-0.2, -0.15) is 4.31 Å². The van der Waals surface area contributed by atoms with Crippen LogP contribution in [0.5, 0.6) is 0 Å². The van der Waals surface area contributed by atoms with Crippen molar-refractivity contribution in [2.75, 3.05) is 26.2 Å². The Morgan fingerprint density at radius 3 is 2.42 bits per heavy atom. The Morgan fingerprint density at radius 1 is 1.16 bits per heavy atom. The van der Waals surface area contributed by atoms with E-state index in [1.165, 1.54) is 10.4 Å². The van der Waals surface area contributed by atoms with Crippen molar-refractivity contribution in [1.29, 1.82) is 0 Å². The third kappa shape index (κ3) is 2.28. The highest BCUT2D eigenvalue weighted by atomic mass is 35.5. The predicted molar refractivity (Wildman–Crippen MR) is 75.1 cm³/mol. The van der Waals surface area contributed by atoms with Crippen LogP contribution in [-0.2, 0) is 10.0 Å². The van der Waals surface area contributed by atoms with Crippen LogP contribution in [0.2, 0.25) is 10.0 Å². The number of hydrogen-bond donors (Lipinski definition) is 1. The van der Waals surface area contributed by atoms with Gasteiger partial charge >= 0.3 is 0 Å². The van der Waals surface area contributed by atoms with E-state index in [2.05, 4.69) is 5.32 Å². The van der Waals surface area contributed by atoms with Crippen LogP contribution in [0.1, 0.15) is 0 Å². The highest BCUT2D eigenvalue weighted by molar-refractivity contribution is 7.89. The number of nitrogens with one attached hydrogen (secondary N) is 1. The fourth-order valence-corrected chi connectivity index (χ4v) is 5.12. The van der Waals surface area contributed by atoms with E-state index in [1.54, 1.807) is 12.1 Å². The summed E-state index contributed by atoms with van der Waals surface area (Å²) in [5.74, 6) is 0.820. The van der Waals surface area contributed by atoms with Crippen LogP contribution >= 0.6 is 23.2 Å². The van der Waals surface area contributed by atoms with Crippen LogP contribution in [0.4, 0.5) is 0 Å². The van der Waals surface area contributed by atoms with Crippen molar-refractivity contribution in [2.45, 2.75) is 4.90 Å². The van der Waals surface area contributed by atoms with E-state index in [1.807, 2.05) is 0 Å².